The number of sulfonamides is 1. The van der Waals surface area contributed by atoms with Crippen molar-refractivity contribution in [2.45, 2.75) is 24.9 Å². The van der Waals surface area contributed by atoms with Gasteiger partial charge in [-0.05, 0) is 66.6 Å². The summed E-state index contributed by atoms with van der Waals surface area (Å²) in [4.78, 5) is 27.8. The molecule has 0 saturated carbocycles. The molecule has 3 heterocycles. The van der Waals surface area contributed by atoms with Crippen LogP contribution >= 0.6 is 0 Å². The maximum absolute atomic E-state index is 13.6. The number of benzene rings is 2. The SMILES string of the molecule is Cc1cc(S(=O)(=O)NCc2ccccn2)cnc1-c1ccc(N(Cc2cccnc2)C(=O)c2ccc(O)cc2O)cc1. The highest BCUT2D eigenvalue weighted by Crippen LogP contribution is 2.30. The molecule has 3 aromatic heterocycles. The minimum absolute atomic E-state index is 0.0340. The van der Waals surface area contributed by atoms with E-state index < -0.39 is 15.9 Å². The lowest BCUT2D eigenvalue weighted by Crippen LogP contribution is -2.30. The monoisotopic (exact) mass is 581 g/mol. The number of phenols is 2. The van der Waals surface area contributed by atoms with Crippen LogP contribution in [0, 0.1) is 6.92 Å². The maximum atomic E-state index is 13.6. The number of aryl methyl sites for hydroxylation is 1. The molecule has 0 bridgehead atoms. The molecule has 0 aliphatic rings. The third-order valence-corrected chi connectivity index (χ3v) is 7.87. The summed E-state index contributed by atoms with van der Waals surface area (Å²) >= 11 is 0. The van der Waals surface area contributed by atoms with Crippen molar-refractivity contribution in [2.24, 2.45) is 0 Å². The van der Waals surface area contributed by atoms with Gasteiger partial charge in [0.15, 0.2) is 0 Å². The molecule has 0 atom stereocenters. The van der Waals surface area contributed by atoms with Gasteiger partial charge in [0.05, 0.1) is 30.0 Å². The third kappa shape index (κ3) is 6.43. The minimum atomic E-state index is -3.81. The first-order chi connectivity index (χ1) is 20.2. The molecule has 0 aliphatic carbocycles. The number of rotatable bonds is 9. The number of hydrogen-bond donors (Lipinski definition) is 3. The van der Waals surface area contributed by atoms with Crippen LogP contribution in [0.2, 0.25) is 0 Å². The van der Waals surface area contributed by atoms with Crippen LogP contribution in [0.4, 0.5) is 5.69 Å². The zero-order valence-corrected chi connectivity index (χ0v) is 23.4. The molecule has 1 amide bonds. The van der Waals surface area contributed by atoms with Crippen LogP contribution in [0.5, 0.6) is 11.5 Å². The van der Waals surface area contributed by atoms with Crippen LogP contribution < -0.4 is 9.62 Å². The summed E-state index contributed by atoms with van der Waals surface area (Å²) in [5, 5.41) is 20.0. The van der Waals surface area contributed by atoms with E-state index in [1.807, 2.05) is 6.07 Å². The summed E-state index contributed by atoms with van der Waals surface area (Å²) in [6.45, 7) is 2.02. The van der Waals surface area contributed by atoms with Crippen molar-refractivity contribution in [3.63, 3.8) is 0 Å². The standard InChI is InChI=1S/C31H27N5O5S/c1-21-15-27(42(40,41)35-18-24-6-2-3-14-33-24)19-34-30(21)23-7-9-25(10-8-23)36(20-22-5-4-13-32-17-22)31(39)28-12-11-26(37)16-29(28)38/h2-17,19,35,37-38H,18,20H2,1H3. The van der Waals surface area contributed by atoms with Gasteiger partial charge < -0.3 is 15.1 Å². The minimum Gasteiger partial charge on any atom is -0.508 e. The number of carbonyl (C=O) groups excluding carboxylic acids is 1. The highest BCUT2D eigenvalue weighted by molar-refractivity contribution is 7.89. The predicted octanol–water partition coefficient (Wildman–Crippen LogP) is 4.58. The molecule has 0 aliphatic heterocycles. The van der Waals surface area contributed by atoms with E-state index in [9.17, 15) is 23.4 Å². The van der Waals surface area contributed by atoms with Gasteiger partial charge in [0.25, 0.3) is 5.91 Å². The van der Waals surface area contributed by atoms with Crippen molar-refractivity contribution < 1.29 is 23.4 Å². The first-order valence-electron chi connectivity index (χ1n) is 12.9. The third-order valence-electron chi connectivity index (χ3n) is 6.51. The van der Waals surface area contributed by atoms with Crippen LogP contribution in [0.1, 0.15) is 27.2 Å². The predicted molar refractivity (Wildman–Crippen MR) is 157 cm³/mol. The molecule has 2 aromatic carbocycles. The summed E-state index contributed by atoms with van der Waals surface area (Å²) in [6, 6.07) is 21.3. The second kappa shape index (κ2) is 12.2. The van der Waals surface area contributed by atoms with E-state index in [0.29, 0.717) is 22.6 Å². The summed E-state index contributed by atoms with van der Waals surface area (Å²) < 4.78 is 28.2. The Morgan fingerprint density at radius 1 is 0.905 bits per heavy atom. The second-order valence-corrected chi connectivity index (χ2v) is 11.3. The van der Waals surface area contributed by atoms with Gasteiger partial charge in [-0.2, -0.15) is 0 Å². The van der Waals surface area contributed by atoms with Crippen LogP contribution in [0.25, 0.3) is 11.3 Å². The van der Waals surface area contributed by atoms with E-state index in [-0.39, 0.29) is 35.0 Å². The van der Waals surface area contributed by atoms with Gasteiger partial charge in [0.1, 0.15) is 16.4 Å². The number of aromatic nitrogens is 3. The highest BCUT2D eigenvalue weighted by atomic mass is 32.2. The van der Waals surface area contributed by atoms with Gasteiger partial charge in [-0.3, -0.25) is 19.7 Å². The van der Waals surface area contributed by atoms with Crippen LogP contribution in [-0.4, -0.2) is 39.5 Å². The van der Waals surface area contributed by atoms with Gasteiger partial charge >= 0.3 is 0 Å². The molecule has 11 heteroatoms. The number of hydrogen-bond acceptors (Lipinski definition) is 8. The van der Waals surface area contributed by atoms with Gasteiger partial charge in [0, 0.05) is 42.1 Å². The number of amides is 1. The molecule has 3 N–H and O–H groups in total. The zero-order chi connectivity index (χ0) is 29.7. The lowest BCUT2D eigenvalue weighted by molar-refractivity contribution is 0.0982. The van der Waals surface area contributed by atoms with E-state index in [2.05, 4.69) is 19.7 Å². The number of carbonyl (C=O) groups is 1. The van der Waals surface area contributed by atoms with Gasteiger partial charge in [0.2, 0.25) is 10.0 Å². The fraction of sp³-hybridized carbons (Fsp3) is 0.0968. The summed E-state index contributed by atoms with van der Waals surface area (Å²) in [6.07, 6.45) is 6.20. The Kier molecular flexibility index (Phi) is 8.23. The number of anilines is 1. The fourth-order valence-corrected chi connectivity index (χ4v) is 5.38. The highest BCUT2D eigenvalue weighted by Gasteiger charge is 2.22. The Bertz CT molecular complexity index is 1820. The first kappa shape index (κ1) is 28.4. The van der Waals surface area contributed by atoms with Gasteiger partial charge in [-0.25, -0.2) is 13.1 Å². The Balaban J connectivity index is 1.40. The Morgan fingerprint density at radius 2 is 1.71 bits per heavy atom. The summed E-state index contributed by atoms with van der Waals surface area (Å²) in [5.41, 5.74) is 3.93. The smallest absolute Gasteiger partial charge is 0.262 e. The number of phenolic OH excluding ortho intramolecular Hbond substituents is 2. The molecular formula is C31H27N5O5S. The molecule has 5 aromatic rings. The van der Waals surface area contributed by atoms with Crippen molar-refractivity contribution in [2.75, 3.05) is 4.90 Å². The van der Waals surface area contributed by atoms with Crippen molar-refractivity contribution in [3.8, 4) is 22.8 Å². The fourth-order valence-electron chi connectivity index (χ4n) is 4.35. The average molecular weight is 582 g/mol. The summed E-state index contributed by atoms with van der Waals surface area (Å²) in [5.74, 6) is -0.957. The molecule has 10 nitrogen and oxygen atoms in total. The number of nitrogens with zero attached hydrogens (tertiary/aromatic N) is 4. The van der Waals surface area contributed by atoms with Crippen LogP contribution in [-0.2, 0) is 23.1 Å². The normalized spacial score (nSPS) is 11.3. The molecule has 5 rings (SSSR count). The zero-order valence-electron chi connectivity index (χ0n) is 22.5. The Labute approximate surface area is 243 Å². The van der Waals surface area contributed by atoms with Crippen LogP contribution in [0.15, 0.2) is 109 Å². The number of pyridine rings is 3. The molecule has 42 heavy (non-hydrogen) atoms. The Morgan fingerprint density at radius 3 is 2.38 bits per heavy atom. The van der Waals surface area contributed by atoms with E-state index >= 15 is 0 Å². The number of aromatic hydroxyl groups is 2. The molecule has 212 valence electrons. The molecule has 0 spiro atoms. The molecule has 0 unspecified atom stereocenters. The quantitative estimate of drug-likeness (QED) is 0.229. The molecule has 0 fully saturated rings. The second-order valence-electron chi connectivity index (χ2n) is 9.48. The lowest BCUT2D eigenvalue weighted by atomic mass is 10.1. The van der Waals surface area contributed by atoms with E-state index in [0.717, 1.165) is 17.2 Å². The Hall–Kier alpha value is -5.13. The van der Waals surface area contributed by atoms with Gasteiger partial charge in [-0.1, -0.05) is 24.3 Å². The maximum Gasteiger partial charge on any atom is 0.262 e. The van der Waals surface area contributed by atoms with Gasteiger partial charge in [-0.15, -0.1) is 0 Å². The van der Waals surface area contributed by atoms with Crippen molar-refractivity contribution in [1.82, 2.24) is 19.7 Å². The topological polar surface area (TPSA) is 146 Å². The largest absolute Gasteiger partial charge is 0.508 e. The molecule has 0 saturated heterocycles. The van der Waals surface area contributed by atoms with Crippen LogP contribution in [0.3, 0.4) is 0 Å². The summed E-state index contributed by atoms with van der Waals surface area (Å²) in [7, 11) is -3.81. The van der Waals surface area contributed by atoms with E-state index in [1.54, 1.807) is 80.1 Å². The van der Waals surface area contributed by atoms with Crippen molar-refractivity contribution in [3.05, 3.63) is 126 Å². The average Bonchev–Trinajstić information content (AvgIpc) is 3.00. The lowest BCUT2D eigenvalue weighted by Gasteiger charge is -2.24. The van der Waals surface area contributed by atoms with E-state index in [4.69, 9.17) is 0 Å². The van der Waals surface area contributed by atoms with E-state index in [1.165, 1.54) is 23.2 Å². The van der Waals surface area contributed by atoms with Crippen molar-refractivity contribution in [1.29, 1.82) is 0 Å². The van der Waals surface area contributed by atoms with Crippen molar-refractivity contribution >= 4 is 21.6 Å². The molecular weight excluding hydrogens is 554 g/mol. The first-order valence-corrected chi connectivity index (χ1v) is 14.4. The number of nitrogens with one attached hydrogen (secondary N) is 1. The molecule has 0 radical (unpaired) electrons.